The van der Waals surface area contributed by atoms with E-state index in [1.54, 1.807) is 19.2 Å². The molecule has 0 aliphatic carbocycles. The number of alkyl halides is 2. The Morgan fingerprint density at radius 3 is 2.81 bits per heavy atom. The average molecular weight is 433 g/mol. The molecule has 1 atom stereocenters. The van der Waals surface area contributed by atoms with Crippen LogP contribution in [0.2, 0.25) is 0 Å². The van der Waals surface area contributed by atoms with E-state index in [1.165, 1.54) is 0 Å². The molecule has 1 aliphatic rings. The van der Waals surface area contributed by atoms with Gasteiger partial charge >= 0.3 is 6.61 Å². The Balaban J connectivity index is 1.49. The normalized spacial score (nSPS) is 16.9. The predicted molar refractivity (Wildman–Crippen MR) is 117 cm³/mol. The Hall–Kier alpha value is -2.67. The molecule has 5 nitrogen and oxygen atoms in total. The summed E-state index contributed by atoms with van der Waals surface area (Å²) in [5.41, 5.74) is 2.52. The van der Waals surface area contributed by atoms with Crippen molar-refractivity contribution >= 4 is 11.6 Å². The monoisotopic (exact) mass is 432 g/mol. The molecule has 1 amide bonds. The molecule has 1 saturated heterocycles. The molecular formula is C24H30F2N2O3. The highest BCUT2D eigenvalue weighted by molar-refractivity contribution is 5.91. The van der Waals surface area contributed by atoms with E-state index in [9.17, 15) is 13.6 Å². The number of anilines is 1. The maximum Gasteiger partial charge on any atom is 0.387 e. The molecule has 0 aromatic heterocycles. The first kappa shape index (κ1) is 23.0. The fourth-order valence-corrected chi connectivity index (χ4v) is 4.07. The van der Waals surface area contributed by atoms with Crippen molar-refractivity contribution in [2.45, 2.75) is 45.8 Å². The third-order valence-electron chi connectivity index (χ3n) is 5.67. The number of ether oxygens (including phenoxy) is 2. The lowest BCUT2D eigenvalue weighted by molar-refractivity contribution is -0.116. The van der Waals surface area contributed by atoms with Gasteiger partial charge in [0.05, 0.1) is 7.11 Å². The molecule has 0 saturated carbocycles. The third-order valence-corrected chi connectivity index (χ3v) is 5.67. The number of halogens is 2. The topological polar surface area (TPSA) is 50.8 Å². The Morgan fingerprint density at radius 2 is 2.06 bits per heavy atom. The summed E-state index contributed by atoms with van der Waals surface area (Å²) in [6.45, 7) is 1.43. The highest BCUT2D eigenvalue weighted by Crippen LogP contribution is 2.27. The Kier molecular flexibility index (Phi) is 8.23. The second-order valence-electron chi connectivity index (χ2n) is 8.00. The van der Waals surface area contributed by atoms with E-state index in [0.717, 1.165) is 54.9 Å². The largest absolute Gasteiger partial charge is 0.497 e. The van der Waals surface area contributed by atoms with Crippen LogP contribution in [0.3, 0.4) is 0 Å². The molecular weight excluding hydrogens is 402 g/mol. The van der Waals surface area contributed by atoms with E-state index in [-0.39, 0.29) is 11.7 Å². The lowest BCUT2D eigenvalue weighted by atomic mass is 9.93. The SMILES string of the molecule is COc1ccc(NC(=O)CC[C@@H]2CCCN(Cc3ccccc3OC(F)F)C2)c(C)c1. The number of methoxy groups -OCH3 is 1. The van der Waals surface area contributed by atoms with Gasteiger partial charge in [0.2, 0.25) is 5.91 Å². The second kappa shape index (κ2) is 11.1. The van der Waals surface area contributed by atoms with Gasteiger partial charge < -0.3 is 14.8 Å². The maximum atomic E-state index is 12.7. The highest BCUT2D eigenvalue weighted by Gasteiger charge is 2.22. The molecule has 7 heteroatoms. The molecule has 3 rings (SSSR count). The van der Waals surface area contributed by atoms with E-state index >= 15 is 0 Å². The van der Waals surface area contributed by atoms with E-state index in [1.807, 2.05) is 37.3 Å². The molecule has 0 unspecified atom stereocenters. The fraction of sp³-hybridized carbons (Fsp3) is 0.458. The molecule has 0 radical (unpaired) electrons. The fourth-order valence-electron chi connectivity index (χ4n) is 4.07. The molecule has 1 heterocycles. The van der Waals surface area contributed by atoms with Gasteiger partial charge in [-0.1, -0.05) is 18.2 Å². The summed E-state index contributed by atoms with van der Waals surface area (Å²) in [4.78, 5) is 14.7. The van der Waals surface area contributed by atoms with Crippen LogP contribution >= 0.6 is 0 Å². The van der Waals surface area contributed by atoms with Gasteiger partial charge in [0.25, 0.3) is 0 Å². The third kappa shape index (κ3) is 6.92. The number of carbonyl (C=O) groups is 1. The number of para-hydroxylation sites is 1. The first-order valence-corrected chi connectivity index (χ1v) is 10.6. The lowest BCUT2D eigenvalue weighted by Crippen LogP contribution is -2.35. The Labute approximate surface area is 182 Å². The zero-order chi connectivity index (χ0) is 22.2. The van der Waals surface area contributed by atoms with Gasteiger partial charge in [-0.3, -0.25) is 9.69 Å². The van der Waals surface area contributed by atoms with Crippen LogP contribution in [0.25, 0.3) is 0 Å². The number of nitrogens with one attached hydrogen (secondary N) is 1. The summed E-state index contributed by atoms with van der Waals surface area (Å²) < 4.78 is 35.2. The van der Waals surface area contributed by atoms with Crippen LogP contribution in [0.1, 0.15) is 36.8 Å². The Bertz CT molecular complexity index is 876. The van der Waals surface area contributed by atoms with E-state index in [2.05, 4.69) is 15.0 Å². The summed E-state index contributed by atoms with van der Waals surface area (Å²) >= 11 is 0. The van der Waals surface area contributed by atoms with Crippen LogP contribution in [0.5, 0.6) is 11.5 Å². The van der Waals surface area contributed by atoms with Gasteiger partial charge in [0.15, 0.2) is 0 Å². The van der Waals surface area contributed by atoms with Crippen LogP contribution in [-0.2, 0) is 11.3 Å². The molecule has 2 aromatic rings. The molecule has 0 bridgehead atoms. The maximum absolute atomic E-state index is 12.7. The van der Waals surface area contributed by atoms with Crippen molar-refractivity contribution in [2.75, 3.05) is 25.5 Å². The van der Waals surface area contributed by atoms with Gasteiger partial charge in [-0.15, -0.1) is 0 Å². The minimum atomic E-state index is -2.83. The number of hydrogen-bond acceptors (Lipinski definition) is 4. The zero-order valence-electron chi connectivity index (χ0n) is 18.1. The number of benzene rings is 2. The van der Waals surface area contributed by atoms with Crippen LogP contribution in [-0.4, -0.2) is 37.6 Å². The van der Waals surface area contributed by atoms with Gasteiger partial charge in [-0.2, -0.15) is 8.78 Å². The van der Waals surface area contributed by atoms with Crippen molar-refractivity contribution in [3.8, 4) is 11.5 Å². The molecule has 1 N–H and O–H groups in total. The molecule has 168 valence electrons. The minimum absolute atomic E-state index is 0.000990. The quantitative estimate of drug-likeness (QED) is 0.589. The van der Waals surface area contributed by atoms with Crippen molar-refractivity contribution in [2.24, 2.45) is 5.92 Å². The molecule has 2 aromatic carbocycles. The van der Waals surface area contributed by atoms with Gasteiger partial charge in [0.1, 0.15) is 11.5 Å². The summed E-state index contributed by atoms with van der Waals surface area (Å²) in [6, 6.07) is 12.5. The van der Waals surface area contributed by atoms with Crippen molar-refractivity contribution in [3.05, 3.63) is 53.6 Å². The minimum Gasteiger partial charge on any atom is -0.497 e. The number of amides is 1. The van der Waals surface area contributed by atoms with Crippen LogP contribution in [0, 0.1) is 12.8 Å². The van der Waals surface area contributed by atoms with E-state index < -0.39 is 6.61 Å². The van der Waals surface area contributed by atoms with Crippen molar-refractivity contribution < 1.29 is 23.0 Å². The van der Waals surface area contributed by atoms with E-state index in [4.69, 9.17) is 4.74 Å². The van der Waals surface area contributed by atoms with Crippen LogP contribution in [0.15, 0.2) is 42.5 Å². The number of piperidine rings is 1. The van der Waals surface area contributed by atoms with Gasteiger partial charge in [-0.05, 0) is 68.5 Å². The van der Waals surface area contributed by atoms with Crippen LogP contribution < -0.4 is 14.8 Å². The zero-order valence-corrected chi connectivity index (χ0v) is 18.1. The van der Waals surface area contributed by atoms with Gasteiger partial charge in [-0.25, -0.2) is 0 Å². The smallest absolute Gasteiger partial charge is 0.387 e. The summed E-state index contributed by atoms with van der Waals surface area (Å²) in [5.74, 6) is 1.40. The second-order valence-corrected chi connectivity index (χ2v) is 8.00. The highest BCUT2D eigenvalue weighted by atomic mass is 19.3. The van der Waals surface area contributed by atoms with E-state index in [0.29, 0.717) is 18.9 Å². The van der Waals surface area contributed by atoms with Crippen molar-refractivity contribution in [1.82, 2.24) is 4.90 Å². The molecule has 1 aliphatic heterocycles. The number of likely N-dealkylation sites (tertiary alicyclic amines) is 1. The van der Waals surface area contributed by atoms with Gasteiger partial charge in [0, 0.05) is 30.8 Å². The average Bonchev–Trinajstić information content (AvgIpc) is 2.75. The summed E-state index contributed by atoms with van der Waals surface area (Å²) in [7, 11) is 1.62. The lowest BCUT2D eigenvalue weighted by Gasteiger charge is -2.33. The number of nitrogens with zero attached hydrogens (tertiary/aromatic N) is 1. The standard InChI is InChI=1S/C24H30F2N2O3/c1-17-14-20(30-2)10-11-21(17)27-23(29)12-9-18-6-5-13-28(15-18)16-19-7-3-4-8-22(19)31-24(25)26/h3-4,7-8,10-11,14,18,24H,5-6,9,12-13,15-16H2,1-2H3,(H,27,29)/t18-/m0/s1. The number of aryl methyl sites for hydroxylation is 1. The number of rotatable bonds is 9. The molecule has 31 heavy (non-hydrogen) atoms. The number of hydrogen-bond donors (Lipinski definition) is 1. The predicted octanol–water partition coefficient (Wildman–Crippen LogP) is 5.24. The summed E-state index contributed by atoms with van der Waals surface area (Å²) in [6.07, 6.45) is 3.35. The van der Waals surface area contributed by atoms with Crippen molar-refractivity contribution in [3.63, 3.8) is 0 Å². The first-order valence-electron chi connectivity index (χ1n) is 10.6. The molecule has 0 spiro atoms. The first-order chi connectivity index (χ1) is 14.9. The summed E-state index contributed by atoms with van der Waals surface area (Å²) in [5, 5.41) is 2.98. The van der Waals surface area contributed by atoms with Crippen molar-refractivity contribution in [1.29, 1.82) is 0 Å². The Morgan fingerprint density at radius 1 is 1.26 bits per heavy atom. The molecule has 1 fully saturated rings. The van der Waals surface area contributed by atoms with Crippen LogP contribution in [0.4, 0.5) is 14.5 Å². The number of carbonyl (C=O) groups excluding carboxylic acids is 1.